The topological polar surface area (TPSA) is 51.0 Å². The third kappa shape index (κ3) is 3.75. The lowest BCUT2D eigenvalue weighted by Crippen LogP contribution is -2.31. The molecular weight excluding hydrogens is 410 g/mol. The van der Waals surface area contributed by atoms with Gasteiger partial charge in [0.05, 0.1) is 22.8 Å². The number of halogens is 2. The van der Waals surface area contributed by atoms with E-state index < -0.39 is 11.6 Å². The Balaban J connectivity index is 1.93. The van der Waals surface area contributed by atoms with Crippen LogP contribution in [0.3, 0.4) is 0 Å². The van der Waals surface area contributed by atoms with Crippen LogP contribution < -0.4 is 4.90 Å². The Bertz CT molecular complexity index is 1310. The third-order valence-electron chi connectivity index (χ3n) is 5.48. The lowest BCUT2D eigenvalue weighted by molar-refractivity contribution is 0.0990. The maximum atomic E-state index is 13.9. The van der Waals surface area contributed by atoms with E-state index in [-0.39, 0.29) is 24.2 Å². The molecule has 164 valence electrons. The minimum absolute atomic E-state index is 0.0449. The highest BCUT2D eigenvalue weighted by atomic mass is 19.2. The monoisotopic (exact) mass is 434 g/mol. The molecule has 0 saturated heterocycles. The molecule has 0 spiro atoms. The van der Waals surface area contributed by atoms with Crippen molar-refractivity contribution < 1.29 is 13.6 Å². The zero-order chi connectivity index (χ0) is 23.0. The van der Waals surface area contributed by atoms with Crippen LogP contribution in [0.5, 0.6) is 0 Å². The summed E-state index contributed by atoms with van der Waals surface area (Å²) in [6.45, 7) is 8.05. The van der Waals surface area contributed by atoms with Gasteiger partial charge in [0.2, 0.25) is 0 Å². The highest BCUT2D eigenvalue weighted by Crippen LogP contribution is 2.30. The Hall–Kier alpha value is -3.61. The largest absolute Gasteiger partial charge is 0.309 e. The number of anilines is 1. The van der Waals surface area contributed by atoms with E-state index in [0.717, 1.165) is 23.3 Å². The van der Waals surface area contributed by atoms with E-state index in [0.29, 0.717) is 22.3 Å². The van der Waals surface area contributed by atoms with Crippen LogP contribution in [0.4, 0.5) is 14.5 Å². The van der Waals surface area contributed by atoms with E-state index in [1.54, 1.807) is 23.9 Å². The van der Waals surface area contributed by atoms with Crippen LogP contribution in [-0.4, -0.2) is 27.2 Å². The van der Waals surface area contributed by atoms with Crippen molar-refractivity contribution in [1.29, 1.82) is 0 Å². The van der Waals surface area contributed by atoms with Crippen molar-refractivity contribution in [3.8, 4) is 11.3 Å². The number of benzene rings is 2. The number of rotatable bonds is 5. The number of hydrogen-bond acceptors (Lipinski definition) is 3. The van der Waals surface area contributed by atoms with Crippen molar-refractivity contribution in [3.05, 3.63) is 77.5 Å². The number of fused-ring (bicyclic) bond motifs is 1. The SMILES string of the molecule is CCN(C(=O)c1cc(-c2ccccc2C)nc2c1cnn2C(C)C)c1ccc(F)c(F)c1. The Morgan fingerprint density at radius 1 is 1.09 bits per heavy atom. The minimum Gasteiger partial charge on any atom is -0.309 e. The van der Waals surface area contributed by atoms with Crippen molar-refractivity contribution in [1.82, 2.24) is 14.8 Å². The number of aromatic nitrogens is 3. The molecule has 0 bridgehead atoms. The van der Waals surface area contributed by atoms with E-state index >= 15 is 0 Å². The predicted molar refractivity (Wildman–Crippen MR) is 122 cm³/mol. The molecule has 4 aromatic rings. The summed E-state index contributed by atoms with van der Waals surface area (Å²) in [7, 11) is 0. The summed E-state index contributed by atoms with van der Waals surface area (Å²) in [4.78, 5) is 19.9. The van der Waals surface area contributed by atoms with Crippen LogP contribution >= 0.6 is 0 Å². The van der Waals surface area contributed by atoms with Gasteiger partial charge in [0.15, 0.2) is 17.3 Å². The second-order valence-electron chi connectivity index (χ2n) is 7.94. The third-order valence-corrected chi connectivity index (χ3v) is 5.48. The molecule has 0 unspecified atom stereocenters. The van der Waals surface area contributed by atoms with Crippen LogP contribution in [0, 0.1) is 18.6 Å². The molecule has 32 heavy (non-hydrogen) atoms. The maximum Gasteiger partial charge on any atom is 0.259 e. The molecule has 0 aliphatic heterocycles. The lowest BCUT2D eigenvalue weighted by atomic mass is 10.0. The average molecular weight is 434 g/mol. The Morgan fingerprint density at radius 3 is 2.50 bits per heavy atom. The first-order valence-electron chi connectivity index (χ1n) is 10.5. The van der Waals surface area contributed by atoms with Crippen LogP contribution in [0.25, 0.3) is 22.3 Å². The summed E-state index contributed by atoms with van der Waals surface area (Å²) < 4.78 is 29.1. The zero-order valence-corrected chi connectivity index (χ0v) is 18.4. The zero-order valence-electron chi connectivity index (χ0n) is 18.4. The predicted octanol–water partition coefficient (Wildman–Crippen LogP) is 5.93. The number of carbonyl (C=O) groups excluding carboxylic acids is 1. The van der Waals surface area contributed by atoms with Crippen LogP contribution in [0.1, 0.15) is 42.7 Å². The van der Waals surface area contributed by atoms with Crippen molar-refractivity contribution in [3.63, 3.8) is 0 Å². The molecule has 2 aromatic carbocycles. The number of amides is 1. The van der Waals surface area contributed by atoms with Gasteiger partial charge in [-0.05, 0) is 51.5 Å². The highest BCUT2D eigenvalue weighted by molar-refractivity contribution is 6.13. The van der Waals surface area contributed by atoms with Gasteiger partial charge < -0.3 is 4.90 Å². The fraction of sp³-hybridized carbons (Fsp3) is 0.240. The fourth-order valence-electron chi connectivity index (χ4n) is 3.81. The standard InChI is InChI=1S/C25H24F2N4O/c1-5-30(17-10-11-21(26)22(27)12-17)25(32)19-13-23(18-9-7-6-8-16(18)4)29-24-20(19)14-28-31(24)15(2)3/h6-15H,5H2,1-4H3. The summed E-state index contributed by atoms with van der Waals surface area (Å²) in [6, 6.07) is 13.1. The van der Waals surface area contributed by atoms with Crippen molar-refractivity contribution in [2.75, 3.05) is 11.4 Å². The molecular formula is C25H24F2N4O. The minimum atomic E-state index is -0.998. The number of aryl methyl sites for hydroxylation is 1. The Labute approximate surface area is 185 Å². The van der Waals surface area contributed by atoms with E-state index in [4.69, 9.17) is 4.98 Å². The van der Waals surface area contributed by atoms with E-state index in [2.05, 4.69) is 5.10 Å². The quantitative estimate of drug-likeness (QED) is 0.391. The summed E-state index contributed by atoms with van der Waals surface area (Å²) in [5, 5.41) is 5.07. The number of carbonyl (C=O) groups is 1. The first-order valence-corrected chi connectivity index (χ1v) is 10.5. The molecule has 0 aliphatic carbocycles. The van der Waals surface area contributed by atoms with Gasteiger partial charge in [-0.25, -0.2) is 18.4 Å². The number of hydrogen-bond donors (Lipinski definition) is 0. The van der Waals surface area contributed by atoms with Gasteiger partial charge in [-0.1, -0.05) is 24.3 Å². The fourth-order valence-corrected chi connectivity index (χ4v) is 3.81. The first-order chi connectivity index (χ1) is 15.3. The van der Waals surface area contributed by atoms with Gasteiger partial charge in [0.25, 0.3) is 5.91 Å². The Kier molecular flexibility index (Phi) is 5.74. The van der Waals surface area contributed by atoms with Crippen molar-refractivity contribution in [2.24, 2.45) is 0 Å². The van der Waals surface area contributed by atoms with E-state index in [1.165, 1.54) is 11.0 Å². The van der Waals surface area contributed by atoms with Crippen LogP contribution in [0.2, 0.25) is 0 Å². The molecule has 0 N–H and O–H groups in total. The van der Waals surface area contributed by atoms with Crippen LogP contribution in [0.15, 0.2) is 54.7 Å². The van der Waals surface area contributed by atoms with Gasteiger partial charge in [-0.2, -0.15) is 5.10 Å². The van der Waals surface area contributed by atoms with Gasteiger partial charge in [0.1, 0.15) is 0 Å². The molecule has 2 heterocycles. The molecule has 0 saturated carbocycles. The van der Waals surface area contributed by atoms with E-state index in [1.807, 2.05) is 45.0 Å². The van der Waals surface area contributed by atoms with Crippen molar-refractivity contribution in [2.45, 2.75) is 33.7 Å². The van der Waals surface area contributed by atoms with Crippen molar-refractivity contribution >= 4 is 22.6 Å². The van der Waals surface area contributed by atoms with Gasteiger partial charge in [0, 0.05) is 29.9 Å². The van der Waals surface area contributed by atoms with Gasteiger partial charge >= 0.3 is 0 Å². The molecule has 0 aliphatic rings. The summed E-state index contributed by atoms with van der Waals surface area (Å²) in [5.41, 5.74) is 3.90. The molecule has 2 aromatic heterocycles. The highest BCUT2D eigenvalue weighted by Gasteiger charge is 2.24. The molecule has 0 atom stereocenters. The maximum absolute atomic E-state index is 13.9. The molecule has 7 heteroatoms. The second kappa shape index (κ2) is 8.49. The smallest absolute Gasteiger partial charge is 0.259 e. The van der Waals surface area contributed by atoms with E-state index in [9.17, 15) is 13.6 Å². The average Bonchev–Trinajstić information content (AvgIpc) is 3.20. The van der Waals surface area contributed by atoms with Gasteiger partial charge in [-0.3, -0.25) is 4.79 Å². The summed E-state index contributed by atoms with van der Waals surface area (Å²) in [6.07, 6.45) is 1.64. The van der Waals surface area contributed by atoms with Crippen LogP contribution in [-0.2, 0) is 0 Å². The summed E-state index contributed by atoms with van der Waals surface area (Å²) >= 11 is 0. The second-order valence-corrected chi connectivity index (χ2v) is 7.94. The molecule has 0 radical (unpaired) electrons. The summed E-state index contributed by atoms with van der Waals surface area (Å²) in [5.74, 6) is -2.28. The number of nitrogens with zero attached hydrogens (tertiary/aromatic N) is 4. The number of pyridine rings is 1. The first kappa shape index (κ1) is 21.6. The lowest BCUT2D eigenvalue weighted by Gasteiger charge is -2.22. The normalized spacial score (nSPS) is 11.3. The Morgan fingerprint density at radius 2 is 1.84 bits per heavy atom. The van der Waals surface area contributed by atoms with Gasteiger partial charge in [-0.15, -0.1) is 0 Å². The molecule has 1 amide bonds. The molecule has 4 rings (SSSR count). The molecule has 5 nitrogen and oxygen atoms in total. The molecule has 0 fully saturated rings.